The average Bonchev–Trinajstić information content (AvgIpc) is 3.04. The summed E-state index contributed by atoms with van der Waals surface area (Å²) in [7, 11) is 1.83. The van der Waals surface area contributed by atoms with Gasteiger partial charge in [-0.2, -0.15) is 5.10 Å². The molecule has 1 aliphatic heterocycles. The molecule has 0 radical (unpaired) electrons. The predicted molar refractivity (Wildman–Crippen MR) is 107 cm³/mol. The molecule has 140 valence electrons. The van der Waals surface area contributed by atoms with Crippen molar-refractivity contribution >= 4 is 22.6 Å². The molecule has 1 aromatic carbocycles. The Hall–Kier alpha value is -2.73. The summed E-state index contributed by atoms with van der Waals surface area (Å²) in [6.07, 6.45) is 5.63. The predicted octanol–water partition coefficient (Wildman–Crippen LogP) is 3.51. The number of anilines is 1. The minimum absolute atomic E-state index is 0.137. The van der Waals surface area contributed by atoms with Crippen LogP contribution in [0.2, 0.25) is 0 Å². The first-order valence-corrected chi connectivity index (χ1v) is 9.52. The second kappa shape index (κ2) is 7.48. The molecule has 2 aromatic heterocycles. The maximum atomic E-state index is 12.8. The van der Waals surface area contributed by atoms with Crippen molar-refractivity contribution < 1.29 is 4.79 Å². The summed E-state index contributed by atoms with van der Waals surface area (Å²) in [5.41, 5.74) is 4.20. The largest absolute Gasteiger partial charge is 0.322 e. The van der Waals surface area contributed by atoms with E-state index in [1.165, 1.54) is 37.9 Å². The van der Waals surface area contributed by atoms with Gasteiger partial charge in [-0.1, -0.05) is 18.6 Å². The van der Waals surface area contributed by atoms with Gasteiger partial charge in [-0.3, -0.25) is 14.4 Å². The molecule has 3 aromatic rings. The van der Waals surface area contributed by atoms with Gasteiger partial charge in [-0.25, -0.2) is 4.98 Å². The summed E-state index contributed by atoms with van der Waals surface area (Å²) in [5, 5.41) is 7.99. The van der Waals surface area contributed by atoms with Gasteiger partial charge < -0.3 is 5.32 Å². The molecule has 0 bridgehead atoms. The molecule has 1 N–H and O–H groups in total. The number of nitrogens with zero attached hydrogens (tertiary/aromatic N) is 4. The second-order valence-corrected chi connectivity index (χ2v) is 7.30. The lowest BCUT2D eigenvalue weighted by molar-refractivity contribution is 0.102. The van der Waals surface area contributed by atoms with Gasteiger partial charge in [-0.15, -0.1) is 0 Å². The molecule has 1 amide bonds. The number of pyridine rings is 1. The number of rotatable bonds is 4. The molecule has 0 atom stereocenters. The van der Waals surface area contributed by atoms with Crippen LogP contribution < -0.4 is 5.32 Å². The fourth-order valence-corrected chi connectivity index (χ4v) is 3.70. The number of carbonyl (C=O) groups is 1. The van der Waals surface area contributed by atoms with Crippen molar-refractivity contribution in [2.45, 2.75) is 32.7 Å². The first kappa shape index (κ1) is 17.7. The van der Waals surface area contributed by atoms with E-state index in [1.54, 1.807) is 10.9 Å². The fraction of sp³-hybridized carbons (Fsp3) is 0.381. The van der Waals surface area contributed by atoms with Crippen molar-refractivity contribution in [2.24, 2.45) is 7.05 Å². The van der Waals surface area contributed by atoms with E-state index in [2.05, 4.69) is 32.4 Å². The van der Waals surface area contributed by atoms with Gasteiger partial charge in [0.2, 0.25) is 0 Å². The Balaban J connectivity index is 1.48. The number of carbonyl (C=O) groups excluding carboxylic acids is 1. The van der Waals surface area contributed by atoms with Crippen molar-refractivity contribution in [3.8, 4) is 0 Å². The number of likely N-dealkylation sites (tertiary alicyclic amines) is 1. The van der Waals surface area contributed by atoms with Crippen LogP contribution in [0.5, 0.6) is 0 Å². The van der Waals surface area contributed by atoms with Crippen LogP contribution >= 0.6 is 0 Å². The molecular formula is C21H25N5O. The van der Waals surface area contributed by atoms with E-state index in [0.29, 0.717) is 5.56 Å². The standard InChI is InChI=1S/C21H25N5O/c1-15-12-18(19-13-22-25(2)20(19)23-15)21(27)24-17-8-6-16(7-9-17)14-26-10-4-3-5-11-26/h6-9,12-13H,3-5,10-11,14H2,1-2H3,(H,24,27). The summed E-state index contributed by atoms with van der Waals surface area (Å²) >= 11 is 0. The highest BCUT2D eigenvalue weighted by Crippen LogP contribution is 2.20. The normalized spacial score (nSPS) is 15.2. The van der Waals surface area contributed by atoms with Crippen molar-refractivity contribution in [3.63, 3.8) is 0 Å². The highest BCUT2D eigenvalue weighted by molar-refractivity contribution is 6.11. The molecular weight excluding hydrogens is 338 g/mol. The minimum Gasteiger partial charge on any atom is -0.322 e. The van der Waals surface area contributed by atoms with E-state index >= 15 is 0 Å². The van der Waals surface area contributed by atoms with Crippen molar-refractivity contribution in [1.29, 1.82) is 0 Å². The topological polar surface area (TPSA) is 63.1 Å². The molecule has 1 saturated heterocycles. The number of benzene rings is 1. The molecule has 1 aliphatic rings. The Morgan fingerprint density at radius 3 is 2.63 bits per heavy atom. The number of amides is 1. The van der Waals surface area contributed by atoms with Crippen LogP contribution in [0.25, 0.3) is 11.0 Å². The third-order valence-electron chi connectivity index (χ3n) is 5.14. The molecule has 6 nitrogen and oxygen atoms in total. The zero-order valence-corrected chi connectivity index (χ0v) is 15.9. The first-order chi connectivity index (χ1) is 13.1. The van der Waals surface area contributed by atoms with Crippen molar-refractivity contribution in [3.05, 3.63) is 53.3 Å². The Morgan fingerprint density at radius 2 is 1.89 bits per heavy atom. The van der Waals surface area contributed by atoms with Crippen molar-refractivity contribution in [2.75, 3.05) is 18.4 Å². The molecule has 3 heterocycles. The molecule has 0 saturated carbocycles. The average molecular weight is 363 g/mol. The Labute approximate surface area is 159 Å². The van der Waals surface area contributed by atoms with Gasteiger partial charge in [0.15, 0.2) is 5.65 Å². The zero-order chi connectivity index (χ0) is 18.8. The fourth-order valence-electron chi connectivity index (χ4n) is 3.70. The third-order valence-corrected chi connectivity index (χ3v) is 5.14. The molecule has 0 unspecified atom stereocenters. The van der Waals surface area contributed by atoms with Gasteiger partial charge >= 0.3 is 0 Å². The van der Waals surface area contributed by atoms with E-state index in [9.17, 15) is 4.79 Å². The summed E-state index contributed by atoms with van der Waals surface area (Å²) < 4.78 is 1.69. The molecule has 4 rings (SSSR count). The number of aryl methyl sites for hydroxylation is 2. The Bertz CT molecular complexity index is 955. The van der Waals surface area contributed by atoms with Gasteiger partial charge in [0, 0.05) is 25.0 Å². The van der Waals surface area contributed by atoms with Crippen LogP contribution in [0, 0.1) is 6.92 Å². The Kier molecular flexibility index (Phi) is 4.90. The van der Waals surface area contributed by atoms with E-state index in [4.69, 9.17) is 0 Å². The van der Waals surface area contributed by atoms with Crippen LogP contribution in [0.1, 0.15) is 40.9 Å². The smallest absolute Gasteiger partial charge is 0.256 e. The molecule has 0 spiro atoms. The van der Waals surface area contributed by atoms with E-state index in [0.717, 1.165) is 29.0 Å². The van der Waals surface area contributed by atoms with Crippen molar-refractivity contribution in [1.82, 2.24) is 19.7 Å². The van der Waals surface area contributed by atoms with E-state index in [1.807, 2.05) is 32.2 Å². The SMILES string of the molecule is Cc1cc(C(=O)Nc2ccc(CN3CCCCC3)cc2)c2cnn(C)c2n1. The summed E-state index contributed by atoms with van der Waals surface area (Å²) in [6.45, 7) is 5.23. The van der Waals surface area contributed by atoms with Gasteiger partial charge in [-0.05, 0) is 56.6 Å². The quantitative estimate of drug-likeness (QED) is 0.770. The van der Waals surface area contributed by atoms with E-state index in [-0.39, 0.29) is 5.91 Å². The van der Waals surface area contributed by atoms with Gasteiger partial charge in [0.05, 0.1) is 17.1 Å². The minimum atomic E-state index is -0.137. The number of hydrogen-bond donors (Lipinski definition) is 1. The third kappa shape index (κ3) is 3.85. The van der Waals surface area contributed by atoms with Gasteiger partial charge in [0.1, 0.15) is 0 Å². The molecule has 1 fully saturated rings. The summed E-state index contributed by atoms with van der Waals surface area (Å²) in [5.74, 6) is -0.137. The summed E-state index contributed by atoms with van der Waals surface area (Å²) in [6, 6.07) is 9.96. The molecule has 27 heavy (non-hydrogen) atoms. The zero-order valence-electron chi connectivity index (χ0n) is 15.9. The van der Waals surface area contributed by atoms with Crippen LogP contribution in [-0.4, -0.2) is 38.7 Å². The molecule has 0 aliphatic carbocycles. The Morgan fingerprint density at radius 1 is 1.15 bits per heavy atom. The number of hydrogen-bond acceptors (Lipinski definition) is 4. The number of nitrogens with one attached hydrogen (secondary N) is 1. The highest BCUT2D eigenvalue weighted by Gasteiger charge is 2.15. The highest BCUT2D eigenvalue weighted by atomic mass is 16.1. The lowest BCUT2D eigenvalue weighted by Crippen LogP contribution is -2.29. The lowest BCUT2D eigenvalue weighted by Gasteiger charge is -2.26. The lowest BCUT2D eigenvalue weighted by atomic mass is 10.1. The van der Waals surface area contributed by atoms with Crippen LogP contribution in [0.15, 0.2) is 36.5 Å². The number of aromatic nitrogens is 3. The monoisotopic (exact) mass is 363 g/mol. The second-order valence-electron chi connectivity index (χ2n) is 7.30. The van der Waals surface area contributed by atoms with E-state index < -0.39 is 0 Å². The number of piperidine rings is 1. The maximum absolute atomic E-state index is 12.8. The first-order valence-electron chi connectivity index (χ1n) is 9.52. The van der Waals surface area contributed by atoms with Crippen LogP contribution in [0.3, 0.4) is 0 Å². The van der Waals surface area contributed by atoms with Gasteiger partial charge in [0.25, 0.3) is 5.91 Å². The summed E-state index contributed by atoms with van der Waals surface area (Å²) in [4.78, 5) is 19.8. The molecule has 6 heteroatoms. The van der Waals surface area contributed by atoms with Crippen LogP contribution in [-0.2, 0) is 13.6 Å². The van der Waals surface area contributed by atoms with Crippen LogP contribution in [0.4, 0.5) is 5.69 Å². The maximum Gasteiger partial charge on any atom is 0.256 e. The number of fused-ring (bicyclic) bond motifs is 1.